The van der Waals surface area contributed by atoms with E-state index in [0.29, 0.717) is 5.75 Å². The van der Waals surface area contributed by atoms with Crippen LogP contribution in [-0.4, -0.2) is 23.7 Å². The molecule has 0 aliphatic carbocycles. The molecule has 1 rings (SSSR count). The molecule has 0 saturated carbocycles. The van der Waals surface area contributed by atoms with Crippen LogP contribution in [0.15, 0.2) is 33.6 Å². The number of carbonyl (C=O) groups excluding carboxylic acids is 1. The van der Waals surface area contributed by atoms with E-state index in [4.69, 9.17) is 0 Å². The minimum absolute atomic E-state index is 0.238. The molecule has 0 N–H and O–H groups in total. The van der Waals surface area contributed by atoms with Crippen molar-refractivity contribution < 1.29 is 9.53 Å². The van der Waals surface area contributed by atoms with Crippen LogP contribution in [0.2, 0.25) is 0 Å². The number of carbonyl (C=O) groups is 1. The van der Waals surface area contributed by atoms with Crippen LogP contribution in [0.1, 0.15) is 0 Å². The first kappa shape index (κ1) is 13.1. The number of halogens is 2. The Morgan fingerprint density at radius 3 is 2.93 bits per heavy atom. The van der Waals surface area contributed by atoms with Crippen molar-refractivity contribution in [3.05, 3.63) is 28.7 Å². The molecule has 82 valence electrons. The van der Waals surface area contributed by atoms with Gasteiger partial charge in [0.2, 0.25) is 0 Å². The van der Waals surface area contributed by atoms with E-state index in [1.807, 2.05) is 24.3 Å². The summed E-state index contributed by atoms with van der Waals surface area (Å²) in [6, 6.07) is 7.96. The molecule has 5 heteroatoms. The highest BCUT2D eigenvalue weighted by Crippen LogP contribution is 2.24. The van der Waals surface area contributed by atoms with Crippen LogP contribution >= 0.6 is 43.6 Å². The van der Waals surface area contributed by atoms with Crippen molar-refractivity contribution >= 4 is 49.6 Å². The Morgan fingerprint density at radius 2 is 2.33 bits per heavy atom. The predicted molar refractivity (Wildman–Crippen MR) is 69.6 cm³/mol. The van der Waals surface area contributed by atoms with E-state index in [9.17, 15) is 4.79 Å². The first-order chi connectivity index (χ1) is 7.13. The van der Waals surface area contributed by atoms with E-state index in [1.165, 1.54) is 7.11 Å². The fourth-order valence-electron chi connectivity index (χ4n) is 0.922. The molecule has 1 aromatic carbocycles. The fourth-order valence-corrected chi connectivity index (χ4v) is 2.92. The second-order valence-electron chi connectivity index (χ2n) is 2.76. The Bertz CT molecular complexity index is 344. The highest BCUT2D eigenvalue weighted by atomic mass is 79.9. The summed E-state index contributed by atoms with van der Waals surface area (Å²) in [4.78, 5) is 12.0. The number of rotatable bonds is 4. The topological polar surface area (TPSA) is 26.3 Å². The molecule has 0 bridgehead atoms. The van der Waals surface area contributed by atoms with Crippen LogP contribution in [0.4, 0.5) is 0 Å². The lowest BCUT2D eigenvalue weighted by molar-refractivity contribution is -0.139. The van der Waals surface area contributed by atoms with Crippen molar-refractivity contribution in [2.75, 3.05) is 12.9 Å². The smallest absolute Gasteiger partial charge is 0.320 e. The highest BCUT2D eigenvalue weighted by molar-refractivity contribution is 9.10. The number of thioether (sulfide) groups is 1. The van der Waals surface area contributed by atoms with Gasteiger partial charge in [-0.25, -0.2) is 0 Å². The second kappa shape index (κ2) is 6.55. The third-order valence-corrected chi connectivity index (χ3v) is 4.36. The SMILES string of the molecule is COC(=O)C(Br)CSc1cccc(Br)c1. The summed E-state index contributed by atoms with van der Waals surface area (Å²) >= 11 is 8.28. The third kappa shape index (κ3) is 4.57. The van der Waals surface area contributed by atoms with E-state index >= 15 is 0 Å². The van der Waals surface area contributed by atoms with Crippen molar-refractivity contribution in [1.82, 2.24) is 0 Å². The molecule has 0 aromatic heterocycles. The van der Waals surface area contributed by atoms with Gasteiger partial charge in [0, 0.05) is 15.1 Å². The highest BCUT2D eigenvalue weighted by Gasteiger charge is 2.15. The van der Waals surface area contributed by atoms with E-state index in [2.05, 4.69) is 36.6 Å². The predicted octanol–water partition coefficient (Wildman–Crippen LogP) is 3.48. The second-order valence-corrected chi connectivity index (χ2v) is 5.87. The number of hydrogen-bond acceptors (Lipinski definition) is 3. The number of esters is 1. The maximum absolute atomic E-state index is 11.1. The standard InChI is InChI=1S/C10H10Br2O2S/c1-14-10(13)9(12)6-15-8-4-2-3-7(11)5-8/h2-5,9H,6H2,1H3. The molecular weight excluding hydrogens is 344 g/mol. The number of alkyl halides is 1. The van der Waals surface area contributed by atoms with Gasteiger partial charge in [0.25, 0.3) is 0 Å². The maximum Gasteiger partial charge on any atom is 0.320 e. The van der Waals surface area contributed by atoms with Crippen molar-refractivity contribution in [3.63, 3.8) is 0 Å². The van der Waals surface area contributed by atoms with Crippen LogP contribution < -0.4 is 0 Å². The van der Waals surface area contributed by atoms with Gasteiger partial charge in [0.1, 0.15) is 4.83 Å². The summed E-state index contributed by atoms with van der Waals surface area (Å²) in [5.74, 6) is 0.417. The Balaban J connectivity index is 2.47. The molecule has 0 spiro atoms. The van der Waals surface area contributed by atoms with Gasteiger partial charge in [0.05, 0.1) is 7.11 Å². The zero-order valence-corrected chi connectivity index (χ0v) is 12.1. The first-order valence-corrected chi connectivity index (χ1v) is 6.93. The number of hydrogen-bond donors (Lipinski definition) is 0. The van der Waals surface area contributed by atoms with Gasteiger partial charge in [-0.3, -0.25) is 4.79 Å². The van der Waals surface area contributed by atoms with Crippen LogP contribution in [-0.2, 0) is 9.53 Å². The summed E-state index contributed by atoms with van der Waals surface area (Å²) in [6.45, 7) is 0. The lowest BCUT2D eigenvalue weighted by Gasteiger charge is -2.07. The zero-order chi connectivity index (χ0) is 11.3. The molecule has 0 heterocycles. The van der Waals surface area contributed by atoms with Gasteiger partial charge in [-0.15, -0.1) is 11.8 Å². The molecule has 2 nitrogen and oxygen atoms in total. The molecule has 1 aromatic rings. The van der Waals surface area contributed by atoms with E-state index < -0.39 is 0 Å². The van der Waals surface area contributed by atoms with Gasteiger partial charge in [0.15, 0.2) is 0 Å². The van der Waals surface area contributed by atoms with Crippen LogP contribution in [0, 0.1) is 0 Å². The quantitative estimate of drug-likeness (QED) is 0.471. The van der Waals surface area contributed by atoms with E-state index in [1.54, 1.807) is 11.8 Å². The molecule has 0 aliphatic rings. The summed E-state index contributed by atoms with van der Waals surface area (Å²) in [7, 11) is 1.39. The largest absolute Gasteiger partial charge is 0.468 e. The van der Waals surface area contributed by atoms with Gasteiger partial charge < -0.3 is 4.74 Å². The zero-order valence-electron chi connectivity index (χ0n) is 8.07. The Morgan fingerprint density at radius 1 is 1.60 bits per heavy atom. The maximum atomic E-state index is 11.1. The summed E-state index contributed by atoms with van der Waals surface area (Å²) in [6.07, 6.45) is 0. The van der Waals surface area contributed by atoms with Crippen molar-refractivity contribution in [3.8, 4) is 0 Å². The first-order valence-electron chi connectivity index (χ1n) is 4.23. The van der Waals surface area contributed by atoms with Gasteiger partial charge >= 0.3 is 5.97 Å². The molecule has 0 radical (unpaired) electrons. The average Bonchev–Trinajstić information content (AvgIpc) is 2.25. The minimum atomic E-state index is -0.258. The van der Waals surface area contributed by atoms with Crippen LogP contribution in [0.25, 0.3) is 0 Å². The number of ether oxygens (including phenoxy) is 1. The molecule has 1 atom stereocenters. The van der Waals surface area contributed by atoms with Gasteiger partial charge in [-0.05, 0) is 18.2 Å². The summed E-state index contributed by atoms with van der Waals surface area (Å²) in [5, 5.41) is 0. The Kier molecular flexibility index (Phi) is 5.71. The summed E-state index contributed by atoms with van der Waals surface area (Å²) < 4.78 is 5.65. The van der Waals surface area contributed by atoms with Crippen LogP contribution in [0.3, 0.4) is 0 Å². The number of benzene rings is 1. The van der Waals surface area contributed by atoms with Gasteiger partial charge in [-0.1, -0.05) is 37.9 Å². The molecule has 0 amide bonds. The van der Waals surface area contributed by atoms with Gasteiger partial charge in [-0.2, -0.15) is 0 Å². The molecule has 1 unspecified atom stereocenters. The van der Waals surface area contributed by atoms with E-state index in [0.717, 1.165) is 9.37 Å². The van der Waals surface area contributed by atoms with Crippen LogP contribution in [0.5, 0.6) is 0 Å². The summed E-state index contributed by atoms with van der Waals surface area (Å²) in [5.41, 5.74) is 0. The normalized spacial score (nSPS) is 12.2. The monoisotopic (exact) mass is 352 g/mol. The van der Waals surface area contributed by atoms with Crippen molar-refractivity contribution in [1.29, 1.82) is 0 Å². The fraction of sp³-hybridized carbons (Fsp3) is 0.300. The average molecular weight is 354 g/mol. The number of methoxy groups -OCH3 is 1. The molecular formula is C10H10Br2O2S. The van der Waals surface area contributed by atoms with Crippen molar-refractivity contribution in [2.45, 2.75) is 9.72 Å². The molecule has 15 heavy (non-hydrogen) atoms. The molecule has 0 fully saturated rings. The molecule has 0 aliphatic heterocycles. The lowest BCUT2D eigenvalue weighted by atomic mass is 10.4. The Hall–Kier alpha value is -0.000000000000000111. The minimum Gasteiger partial charge on any atom is -0.468 e. The Labute approximate surface area is 110 Å². The van der Waals surface area contributed by atoms with E-state index in [-0.39, 0.29) is 10.8 Å². The lowest BCUT2D eigenvalue weighted by Crippen LogP contribution is -2.17. The molecule has 0 saturated heterocycles. The van der Waals surface area contributed by atoms with Crippen molar-refractivity contribution in [2.24, 2.45) is 0 Å². The third-order valence-electron chi connectivity index (χ3n) is 1.65.